The van der Waals surface area contributed by atoms with Gasteiger partial charge in [-0.25, -0.2) is 4.79 Å². The van der Waals surface area contributed by atoms with Crippen LogP contribution in [0.5, 0.6) is 11.5 Å². The molecule has 3 aromatic rings. The summed E-state index contributed by atoms with van der Waals surface area (Å²) in [5.41, 5.74) is 3.14. The number of methoxy groups -OCH3 is 1. The Bertz CT molecular complexity index is 1170. The van der Waals surface area contributed by atoms with Crippen LogP contribution in [0.25, 0.3) is 0 Å². The molecule has 3 aromatic carbocycles. The quantitative estimate of drug-likeness (QED) is 0.324. The van der Waals surface area contributed by atoms with E-state index in [1.165, 1.54) is 19.2 Å². The lowest BCUT2D eigenvalue weighted by molar-refractivity contribution is -0.118. The average Bonchev–Trinajstić information content (AvgIpc) is 2.78. The van der Waals surface area contributed by atoms with Gasteiger partial charge in [-0.1, -0.05) is 45.2 Å². The Morgan fingerprint density at radius 1 is 1.06 bits per heavy atom. The zero-order valence-corrected chi connectivity index (χ0v) is 20.3. The van der Waals surface area contributed by atoms with E-state index in [1.807, 2.05) is 37.3 Å². The molecule has 9 heteroatoms. The highest BCUT2D eigenvalue weighted by atomic mass is 79.9. The van der Waals surface area contributed by atoms with Gasteiger partial charge < -0.3 is 25.2 Å². The largest absolute Gasteiger partial charge is 0.493 e. The fourth-order valence-electron chi connectivity index (χ4n) is 3.03. The standard InChI is InChI=1S/C24H22BrClN2O5/c1-14-3-5-15(6-4-14)28-22(29)13-33-23-18(19(25)9-10-21(23)32-2)12-27-16-7-8-17(24(30)31)20(26)11-16/h3-11,27H,12-13H2,1-2H3,(H,28,29)(H,30,31). The molecule has 0 saturated heterocycles. The summed E-state index contributed by atoms with van der Waals surface area (Å²) in [6, 6.07) is 15.6. The Morgan fingerprint density at radius 2 is 1.76 bits per heavy atom. The summed E-state index contributed by atoms with van der Waals surface area (Å²) >= 11 is 9.57. The van der Waals surface area contributed by atoms with E-state index in [2.05, 4.69) is 26.6 Å². The highest BCUT2D eigenvalue weighted by Crippen LogP contribution is 2.37. The predicted octanol–water partition coefficient (Wildman–Crippen LogP) is 5.75. The van der Waals surface area contributed by atoms with Crippen LogP contribution in [0.2, 0.25) is 5.02 Å². The van der Waals surface area contributed by atoms with Crippen LogP contribution < -0.4 is 20.1 Å². The van der Waals surface area contributed by atoms with Gasteiger partial charge in [0.05, 0.1) is 17.7 Å². The molecule has 0 aliphatic heterocycles. The number of carbonyl (C=O) groups is 2. The molecule has 0 aliphatic rings. The summed E-state index contributed by atoms with van der Waals surface area (Å²) in [6.45, 7) is 2.06. The summed E-state index contributed by atoms with van der Waals surface area (Å²) in [5.74, 6) is -0.526. The zero-order valence-electron chi connectivity index (χ0n) is 17.9. The third-order valence-corrected chi connectivity index (χ3v) is 5.79. The van der Waals surface area contributed by atoms with Gasteiger partial charge in [-0.05, 0) is 49.4 Å². The molecule has 33 heavy (non-hydrogen) atoms. The Labute approximate surface area is 204 Å². The molecular formula is C24H22BrClN2O5. The Balaban J connectivity index is 1.74. The zero-order chi connectivity index (χ0) is 24.0. The van der Waals surface area contributed by atoms with Gasteiger partial charge in [0, 0.05) is 28.0 Å². The molecule has 0 unspecified atom stereocenters. The van der Waals surface area contributed by atoms with E-state index in [1.54, 1.807) is 12.1 Å². The van der Waals surface area contributed by atoms with E-state index in [0.29, 0.717) is 29.4 Å². The fraction of sp³-hybridized carbons (Fsp3) is 0.167. The second kappa shape index (κ2) is 11.1. The fourth-order valence-corrected chi connectivity index (χ4v) is 3.74. The lowest BCUT2D eigenvalue weighted by atomic mass is 10.1. The van der Waals surface area contributed by atoms with Crippen molar-refractivity contribution >= 4 is 50.8 Å². The summed E-state index contributed by atoms with van der Waals surface area (Å²) in [4.78, 5) is 23.6. The van der Waals surface area contributed by atoms with Gasteiger partial charge in [-0.15, -0.1) is 0 Å². The molecule has 0 aliphatic carbocycles. The number of hydrogen-bond donors (Lipinski definition) is 3. The number of nitrogens with one attached hydrogen (secondary N) is 2. The molecule has 0 radical (unpaired) electrons. The van der Waals surface area contributed by atoms with Gasteiger partial charge in [0.1, 0.15) is 0 Å². The van der Waals surface area contributed by atoms with Crippen LogP contribution in [0.1, 0.15) is 21.5 Å². The van der Waals surface area contributed by atoms with E-state index in [4.69, 9.17) is 26.2 Å². The second-order valence-electron chi connectivity index (χ2n) is 7.11. The molecular weight excluding hydrogens is 512 g/mol. The molecule has 0 atom stereocenters. The number of carboxylic acids is 1. The van der Waals surface area contributed by atoms with E-state index >= 15 is 0 Å². The summed E-state index contributed by atoms with van der Waals surface area (Å²) in [7, 11) is 1.52. The first-order valence-corrected chi connectivity index (χ1v) is 11.1. The number of hydrogen-bond acceptors (Lipinski definition) is 5. The monoisotopic (exact) mass is 532 g/mol. The maximum Gasteiger partial charge on any atom is 0.337 e. The predicted molar refractivity (Wildman–Crippen MR) is 132 cm³/mol. The van der Waals surface area contributed by atoms with Crippen molar-refractivity contribution in [3.05, 3.63) is 80.8 Å². The first-order chi connectivity index (χ1) is 15.8. The van der Waals surface area contributed by atoms with Gasteiger partial charge >= 0.3 is 5.97 Å². The maximum atomic E-state index is 12.4. The number of halogens is 2. The van der Waals surface area contributed by atoms with Crippen LogP contribution >= 0.6 is 27.5 Å². The highest BCUT2D eigenvalue weighted by molar-refractivity contribution is 9.10. The minimum absolute atomic E-state index is 0.0217. The molecule has 0 spiro atoms. The number of rotatable bonds is 9. The first-order valence-electron chi connectivity index (χ1n) is 9.90. The summed E-state index contributed by atoms with van der Waals surface area (Å²) < 4.78 is 12.0. The molecule has 1 amide bonds. The van der Waals surface area contributed by atoms with Crippen molar-refractivity contribution in [2.24, 2.45) is 0 Å². The Kier molecular flexibility index (Phi) is 8.19. The molecule has 0 bridgehead atoms. The number of anilines is 2. The molecule has 0 aromatic heterocycles. The van der Waals surface area contributed by atoms with Crippen LogP contribution in [0.4, 0.5) is 11.4 Å². The van der Waals surface area contributed by atoms with Crippen molar-refractivity contribution in [1.29, 1.82) is 0 Å². The topological polar surface area (TPSA) is 96.9 Å². The van der Waals surface area contributed by atoms with Gasteiger partial charge in [0.15, 0.2) is 18.1 Å². The van der Waals surface area contributed by atoms with Crippen molar-refractivity contribution < 1.29 is 24.2 Å². The van der Waals surface area contributed by atoms with Crippen molar-refractivity contribution in [2.45, 2.75) is 13.5 Å². The van der Waals surface area contributed by atoms with Crippen LogP contribution in [0, 0.1) is 6.92 Å². The average molecular weight is 534 g/mol. The number of aryl methyl sites for hydroxylation is 1. The third kappa shape index (κ3) is 6.40. The van der Waals surface area contributed by atoms with Crippen molar-refractivity contribution in [3.8, 4) is 11.5 Å². The minimum atomic E-state index is -1.10. The lowest BCUT2D eigenvalue weighted by Crippen LogP contribution is -2.21. The molecule has 3 N–H and O–H groups in total. The molecule has 0 saturated carbocycles. The molecule has 0 heterocycles. The molecule has 3 rings (SSSR count). The number of carboxylic acid groups (broad SMARTS) is 1. The SMILES string of the molecule is COc1ccc(Br)c(CNc2ccc(C(=O)O)c(Cl)c2)c1OCC(=O)Nc1ccc(C)cc1. The van der Waals surface area contributed by atoms with E-state index < -0.39 is 5.97 Å². The van der Waals surface area contributed by atoms with Crippen LogP contribution in [0.15, 0.2) is 59.1 Å². The van der Waals surface area contributed by atoms with Crippen molar-refractivity contribution in [1.82, 2.24) is 0 Å². The lowest BCUT2D eigenvalue weighted by Gasteiger charge is -2.17. The minimum Gasteiger partial charge on any atom is -0.493 e. The maximum absolute atomic E-state index is 12.4. The number of amides is 1. The summed E-state index contributed by atoms with van der Waals surface area (Å²) in [5, 5.41) is 15.2. The molecule has 172 valence electrons. The number of carbonyl (C=O) groups excluding carboxylic acids is 1. The van der Waals surface area contributed by atoms with Crippen LogP contribution in [-0.4, -0.2) is 30.7 Å². The smallest absolute Gasteiger partial charge is 0.337 e. The van der Waals surface area contributed by atoms with E-state index in [0.717, 1.165) is 15.6 Å². The van der Waals surface area contributed by atoms with Gasteiger partial charge in [0.2, 0.25) is 0 Å². The van der Waals surface area contributed by atoms with Gasteiger partial charge in [-0.3, -0.25) is 4.79 Å². The number of ether oxygens (including phenoxy) is 2. The van der Waals surface area contributed by atoms with Crippen LogP contribution in [0.3, 0.4) is 0 Å². The Morgan fingerprint density at radius 3 is 2.39 bits per heavy atom. The molecule has 0 fully saturated rings. The van der Waals surface area contributed by atoms with Crippen molar-refractivity contribution in [2.75, 3.05) is 24.4 Å². The summed E-state index contributed by atoms with van der Waals surface area (Å²) in [6.07, 6.45) is 0. The highest BCUT2D eigenvalue weighted by Gasteiger charge is 2.17. The number of aromatic carboxylic acids is 1. The van der Waals surface area contributed by atoms with E-state index in [9.17, 15) is 9.59 Å². The number of benzene rings is 3. The van der Waals surface area contributed by atoms with Gasteiger partial charge in [0.25, 0.3) is 5.91 Å². The van der Waals surface area contributed by atoms with Gasteiger partial charge in [-0.2, -0.15) is 0 Å². The first kappa shape index (κ1) is 24.4. The third-order valence-electron chi connectivity index (χ3n) is 4.74. The van der Waals surface area contributed by atoms with Crippen molar-refractivity contribution in [3.63, 3.8) is 0 Å². The molecule has 7 nitrogen and oxygen atoms in total. The Hall–Kier alpha value is -3.23. The van der Waals surface area contributed by atoms with Crippen LogP contribution in [-0.2, 0) is 11.3 Å². The van der Waals surface area contributed by atoms with E-state index in [-0.39, 0.29) is 23.1 Å². The second-order valence-corrected chi connectivity index (χ2v) is 8.38. The normalized spacial score (nSPS) is 10.4.